The van der Waals surface area contributed by atoms with Crippen LogP contribution in [-0.2, 0) is 17.8 Å². The van der Waals surface area contributed by atoms with E-state index < -0.39 is 0 Å². The van der Waals surface area contributed by atoms with Crippen LogP contribution in [0.3, 0.4) is 0 Å². The van der Waals surface area contributed by atoms with Gasteiger partial charge in [0.15, 0.2) is 0 Å². The van der Waals surface area contributed by atoms with Crippen molar-refractivity contribution in [1.29, 1.82) is 0 Å². The van der Waals surface area contributed by atoms with Gasteiger partial charge < -0.3 is 9.73 Å². The Morgan fingerprint density at radius 1 is 1.33 bits per heavy atom. The lowest BCUT2D eigenvalue weighted by molar-refractivity contribution is -0.114. The molecule has 1 amide bonds. The molecule has 0 aliphatic rings. The average Bonchev–Trinajstić information content (AvgIpc) is 3.18. The maximum absolute atomic E-state index is 11.3. The fraction of sp³-hybridized carbons (Fsp3) is 0.278. The summed E-state index contributed by atoms with van der Waals surface area (Å²) >= 11 is 0. The summed E-state index contributed by atoms with van der Waals surface area (Å²) < 4.78 is 7.24. The molecule has 2 aromatic heterocycles. The minimum absolute atomic E-state index is 0.0906. The predicted octanol–water partition coefficient (Wildman–Crippen LogP) is 3.50. The van der Waals surface area contributed by atoms with Crippen molar-refractivity contribution in [2.45, 2.75) is 33.2 Å². The van der Waals surface area contributed by atoms with Crippen molar-refractivity contribution in [3.05, 3.63) is 54.4 Å². The molecule has 6 nitrogen and oxygen atoms in total. The maximum atomic E-state index is 11.3. The van der Waals surface area contributed by atoms with Gasteiger partial charge in [0.05, 0.1) is 17.6 Å². The maximum Gasteiger partial charge on any atom is 0.221 e. The Morgan fingerprint density at radius 3 is 2.92 bits per heavy atom. The van der Waals surface area contributed by atoms with Gasteiger partial charge >= 0.3 is 0 Å². The average molecular weight is 324 g/mol. The van der Waals surface area contributed by atoms with E-state index >= 15 is 0 Å². The monoisotopic (exact) mass is 324 g/mol. The van der Waals surface area contributed by atoms with Crippen LogP contribution in [0.15, 0.2) is 47.2 Å². The number of amides is 1. The number of anilines is 1. The van der Waals surface area contributed by atoms with Gasteiger partial charge in [0.1, 0.15) is 12.8 Å². The lowest BCUT2D eigenvalue weighted by Crippen LogP contribution is -2.07. The first kappa shape index (κ1) is 16.0. The second-order valence-electron chi connectivity index (χ2n) is 5.62. The number of aryl methyl sites for hydroxylation is 1. The van der Waals surface area contributed by atoms with Gasteiger partial charge in [0.2, 0.25) is 11.8 Å². The molecule has 1 aromatic carbocycles. The van der Waals surface area contributed by atoms with Crippen LogP contribution in [0.1, 0.15) is 31.9 Å². The third-order valence-corrected chi connectivity index (χ3v) is 3.58. The summed E-state index contributed by atoms with van der Waals surface area (Å²) in [7, 11) is 0. The summed E-state index contributed by atoms with van der Waals surface area (Å²) in [4.78, 5) is 15.5. The molecule has 3 rings (SSSR count). The van der Waals surface area contributed by atoms with Crippen LogP contribution >= 0.6 is 0 Å². The Bertz CT molecular complexity index is 821. The molecule has 0 radical (unpaired) electrons. The molecule has 3 aromatic rings. The van der Waals surface area contributed by atoms with Gasteiger partial charge in [-0.1, -0.05) is 25.5 Å². The highest BCUT2D eigenvalue weighted by atomic mass is 16.3. The Morgan fingerprint density at radius 2 is 2.21 bits per heavy atom. The fourth-order valence-electron chi connectivity index (χ4n) is 2.62. The molecule has 0 spiro atoms. The SMILES string of the molecule is CCCc1cc(-c2cccc(NC(C)=O)c2)n(Cc2ncco2)n1. The van der Waals surface area contributed by atoms with Crippen LogP contribution in [-0.4, -0.2) is 20.7 Å². The quantitative estimate of drug-likeness (QED) is 0.753. The first-order valence-corrected chi connectivity index (χ1v) is 7.99. The summed E-state index contributed by atoms with van der Waals surface area (Å²) in [5, 5.41) is 7.48. The zero-order chi connectivity index (χ0) is 16.9. The predicted molar refractivity (Wildman–Crippen MR) is 91.6 cm³/mol. The molecule has 0 atom stereocenters. The van der Waals surface area contributed by atoms with Crippen molar-refractivity contribution in [3.63, 3.8) is 0 Å². The lowest BCUT2D eigenvalue weighted by Gasteiger charge is -2.08. The van der Waals surface area contributed by atoms with Gasteiger partial charge in [0.25, 0.3) is 0 Å². The summed E-state index contributed by atoms with van der Waals surface area (Å²) in [6.07, 6.45) is 5.13. The molecular formula is C18H20N4O2. The molecule has 2 heterocycles. The molecule has 0 fully saturated rings. The topological polar surface area (TPSA) is 73.0 Å². The van der Waals surface area contributed by atoms with E-state index in [-0.39, 0.29) is 5.91 Å². The number of aromatic nitrogens is 3. The van der Waals surface area contributed by atoms with E-state index in [1.807, 2.05) is 28.9 Å². The number of nitrogens with one attached hydrogen (secondary N) is 1. The zero-order valence-corrected chi connectivity index (χ0v) is 13.8. The smallest absolute Gasteiger partial charge is 0.221 e. The standard InChI is InChI=1S/C18H20N4O2/c1-3-5-16-11-17(22(21-16)12-18-19-8-9-24-18)14-6-4-7-15(10-14)20-13(2)23/h4,6-11H,3,5,12H2,1-2H3,(H,20,23). The minimum Gasteiger partial charge on any atom is -0.447 e. The second kappa shape index (κ2) is 7.12. The molecule has 0 aliphatic heterocycles. The van der Waals surface area contributed by atoms with Crippen molar-refractivity contribution in [3.8, 4) is 11.3 Å². The van der Waals surface area contributed by atoms with E-state index in [4.69, 9.17) is 4.42 Å². The first-order valence-electron chi connectivity index (χ1n) is 7.99. The van der Waals surface area contributed by atoms with E-state index in [1.54, 1.807) is 12.5 Å². The number of benzene rings is 1. The van der Waals surface area contributed by atoms with Crippen LogP contribution in [0.25, 0.3) is 11.3 Å². The van der Waals surface area contributed by atoms with Gasteiger partial charge in [-0.25, -0.2) is 4.98 Å². The molecule has 0 bridgehead atoms. The van der Waals surface area contributed by atoms with Crippen LogP contribution in [0, 0.1) is 0 Å². The Kier molecular flexibility index (Phi) is 4.74. The molecule has 1 N–H and O–H groups in total. The van der Waals surface area contributed by atoms with Crippen molar-refractivity contribution in [2.24, 2.45) is 0 Å². The largest absolute Gasteiger partial charge is 0.447 e. The third-order valence-electron chi connectivity index (χ3n) is 3.58. The minimum atomic E-state index is -0.0906. The van der Waals surface area contributed by atoms with Gasteiger partial charge in [-0.2, -0.15) is 5.10 Å². The molecule has 0 unspecified atom stereocenters. The molecule has 24 heavy (non-hydrogen) atoms. The molecule has 0 aliphatic carbocycles. The highest BCUT2D eigenvalue weighted by Gasteiger charge is 2.12. The third kappa shape index (κ3) is 3.71. The first-order chi connectivity index (χ1) is 11.7. The number of hydrogen-bond acceptors (Lipinski definition) is 4. The van der Waals surface area contributed by atoms with Crippen molar-refractivity contribution in [2.75, 3.05) is 5.32 Å². The zero-order valence-electron chi connectivity index (χ0n) is 13.8. The van der Waals surface area contributed by atoms with Crippen LogP contribution < -0.4 is 5.32 Å². The van der Waals surface area contributed by atoms with E-state index in [2.05, 4.69) is 28.4 Å². The second-order valence-corrected chi connectivity index (χ2v) is 5.62. The Labute approximate surface area is 140 Å². The summed E-state index contributed by atoms with van der Waals surface area (Å²) in [5.41, 5.74) is 3.76. The highest BCUT2D eigenvalue weighted by Crippen LogP contribution is 2.25. The van der Waals surface area contributed by atoms with Crippen LogP contribution in [0.4, 0.5) is 5.69 Å². The van der Waals surface area contributed by atoms with Crippen LogP contribution in [0.2, 0.25) is 0 Å². The van der Waals surface area contributed by atoms with Crippen molar-refractivity contribution < 1.29 is 9.21 Å². The van der Waals surface area contributed by atoms with Gasteiger partial charge in [-0.3, -0.25) is 9.48 Å². The highest BCUT2D eigenvalue weighted by molar-refractivity contribution is 5.89. The number of hydrogen-bond donors (Lipinski definition) is 1. The van der Waals surface area contributed by atoms with Gasteiger partial charge in [-0.05, 0) is 24.6 Å². The number of oxazole rings is 1. The molecule has 0 saturated carbocycles. The number of nitrogens with zero attached hydrogens (tertiary/aromatic N) is 3. The summed E-state index contributed by atoms with van der Waals surface area (Å²) in [5.74, 6) is 0.521. The normalized spacial score (nSPS) is 10.8. The van der Waals surface area contributed by atoms with Gasteiger partial charge in [-0.15, -0.1) is 0 Å². The van der Waals surface area contributed by atoms with Crippen LogP contribution in [0.5, 0.6) is 0 Å². The molecule has 6 heteroatoms. The number of rotatable bonds is 6. The fourth-order valence-corrected chi connectivity index (χ4v) is 2.62. The lowest BCUT2D eigenvalue weighted by atomic mass is 10.1. The number of carbonyl (C=O) groups is 1. The van der Waals surface area contributed by atoms with E-state index in [9.17, 15) is 4.79 Å². The van der Waals surface area contributed by atoms with E-state index in [0.717, 1.165) is 35.5 Å². The summed E-state index contributed by atoms with van der Waals surface area (Å²) in [6, 6.07) is 9.82. The molecular weight excluding hydrogens is 304 g/mol. The molecule has 124 valence electrons. The van der Waals surface area contributed by atoms with E-state index in [1.165, 1.54) is 6.92 Å². The van der Waals surface area contributed by atoms with E-state index in [0.29, 0.717) is 12.4 Å². The van der Waals surface area contributed by atoms with Crippen molar-refractivity contribution in [1.82, 2.24) is 14.8 Å². The molecule has 0 saturated heterocycles. The summed E-state index contributed by atoms with van der Waals surface area (Å²) in [6.45, 7) is 4.10. The Hall–Kier alpha value is -2.89. The number of carbonyl (C=O) groups excluding carboxylic acids is 1. The van der Waals surface area contributed by atoms with Gasteiger partial charge in [0, 0.05) is 18.2 Å². The van der Waals surface area contributed by atoms with Crippen molar-refractivity contribution >= 4 is 11.6 Å². The Balaban J connectivity index is 1.97.